The van der Waals surface area contributed by atoms with E-state index in [1.54, 1.807) is 0 Å². The van der Waals surface area contributed by atoms with E-state index >= 15 is 0 Å². The first kappa shape index (κ1) is 17.2. The topological polar surface area (TPSA) is 18.5 Å². The van der Waals surface area contributed by atoms with Crippen molar-refractivity contribution < 1.29 is 0 Å². The van der Waals surface area contributed by atoms with Crippen molar-refractivity contribution in [3.63, 3.8) is 0 Å². The second kappa shape index (κ2) is 7.94. The summed E-state index contributed by atoms with van der Waals surface area (Å²) in [5, 5.41) is 3.48. The lowest BCUT2D eigenvalue weighted by Gasteiger charge is -2.45. The van der Waals surface area contributed by atoms with Gasteiger partial charge in [-0.15, -0.1) is 0 Å². The zero-order valence-electron chi connectivity index (χ0n) is 14.8. The summed E-state index contributed by atoms with van der Waals surface area (Å²) in [6.45, 7) is 16.0. The standard InChI is InChI=1S/C18H37N3/c1-16(2)13-20-9-11-21(12-10-20)15-18(14-19-4)7-5-17(3)6-8-18/h16-17,19H,5-15H2,1-4H3. The molecule has 2 rings (SSSR count). The van der Waals surface area contributed by atoms with Gasteiger partial charge in [0.05, 0.1) is 0 Å². The van der Waals surface area contributed by atoms with Gasteiger partial charge >= 0.3 is 0 Å². The molecule has 1 aliphatic heterocycles. The van der Waals surface area contributed by atoms with Crippen molar-refractivity contribution in [2.75, 3.05) is 52.9 Å². The molecule has 0 spiro atoms. The summed E-state index contributed by atoms with van der Waals surface area (Å²) in [4.78, 5) is 5.39. The first-order valence-electron chi connectivity index (χ1n) is 9.12. The molecule has 2 aliphatic rings. The summed E-state index contributed by atoms with van der Waals surface area (Å²) in [5.74, 6) is 1.74. The molecule has 0 unspecified atom stereocenters. The number of hydrogen-bond donors (Lipinski definition) is 1. The van der Waals surface area contributed by atoms with Crippen molar-refractivity contribution >= 4 is 0 Å². The van der Waals surface area contributed by atoms with E-state index < -0.39 is 0 Å². The molecule has 3 heteroatoms. The van der Waals surface area contributed by atoms with Crippen molar-refractivity contribution in [3.05, 3.63) is 0 Å². The van der Waals surface area contributed by atoms with Crippen LogP contribution in [0.15, 0.2) is 0 Å². The van der Waals surface area contributed by atoms with Gasteiger partial charge in [-0.3, -0.25) is 0 Å². The predicted octanol–water partition coefficient (Wildman–Crippen LogP) is 2.68. The molecule has 124 valence electrons. The van der Waals surface area contributed by atoms with Crippen molar-refractivity contribution in [2.24, 2.45) is 17.3 Å². The van der Waals surface area contributed by atoms with Crippen molar-refractivity contribution in [2.45, 2.75) is 46.5 Å². The van der Waals surface area contributed by atoms with Crippen molar-refractivity contribution in [3.8, 4) is 0 Å². The molecule has 21 heavy (non-hydrogen) atoms. The van der Waals surface area contributed by atoms with Crippen LogP contribution in [0.2, 0.25) is 0 Å². The molecule has 0 radical (unpaired) electrons. The molecule has 1 aliphatic carbocycles. The molecule has 0 atom stereocenters. The smallest absolute Gasteiger partial charge is 0.0110 e. The molecule has 0 bridgehead atoms. The molecule has 3 nitrogen and oxygen atoms in total. The molecule has 1 heterocycles. The van der Waals surface area contributed by atoms with E-state index in [4.69, 9.17) is 0 Å². The fraction of sp³-hybridized carbons (Fsp3) is 1.00. The Hall–Kier alpha value is -0.120. The van der Waals surface area contributed by atoms with E-state index in [1.165, 1.54) is 71.5 Å². The number of piperazine rings is 1. The fourth-order valence-electron chi connectivity index (χ4n) is 4.26. The number of rotatable bonds is 6. The third-order valence-electron chi connectivity index (χ3n) is 5.53. The van der Waals surface area contributed by atoms with Gasteiger partial charge in [-0.2, -0.15) is 0 Å². The van der Waals surface area contributed by atoms with Gasteiger partial charge in [0.25, 0.3) is 0 Å². The van der Waals surface area contributed by atoms with Crippen LogP contribution in [0.4, 0.5) is 0 Å². The third-order valence-corrected chi connectivity index (χ3v) is 5.53. The lowest BCUT2D eigenvalue weighted by Crippen LogP contribution is -2.52. The minimum Gasteiger partial charge on any atom is -0.319 e. The van der Waals surface area contributed by atoms with Gasteiger partial charge in [0.1, 0.15) is 0 Å². The fourth-order valence-corrected chi connectivity index (χ4v) is 4.26. The summed E-state index contributed by atoms with van der Waals surface area (Å²) < 4.78 is 0. The van der Waals surface area contributed by atoms with Gasteiger partial charge in [-0.25, -0.2) is 0 Å². The quantitative estimate of drug-likeness (QED) is 0.813. The Morgan fingerprint density at radius 2 is 1.62 bits per heavy atom. The van der Waals surface area contributed by atoms with Crippen LogP contribution in [0, 0.1) is 17.3 Å². The molecular weight excluding hydrogens is 258 g/mol. The zero-order valence-corrected chi connectivity index (χ0v) is 14.8. The molecule has 0 amide bonds. The lowest BCUT2D eigenvalue weighted by atomic mass is 9.70. The minimum absolute atomic E-state index is 0.543. The first-order chi connectivity index (χ1) is 10.0. The Morgan fingerprint density at radius 1 is 1.05 bits per heavy atom. The number of nitrogens with one attached hydrogen (secondary N) is 1. The molecule has 2 fully saturated rings. The van der Waals surface area contributed by atoms with Crippen molar-refractivity contribution in [1.82, 2.24) is 15.1 Å². The van der Waals surface area contributed by atoms with Gasteiger partial charge in [0, 0.05) is 45.8 Å². The van der Waals surface area contributed by atoms with Crippen LogP contribution in [0.3, 0.4) is 0 Å². The highest BCUT2D eigenvalue weighted by Crippen LogP contribution is 2.39. The van der Waals surface area contributed by atoms with E-state index in [0.29, 0.717) is 5.41 Å². The van der Waals surface area contributed by atoms with Gasteiger partial charge in [0.2, 0.25) is 0 Å². The second-order valence-corrected chi connectivity index (χ2v) is 8.18. The van der Waals surface area contributed by atoms with Crippen LogP contribution >= 0.6 is 0 Å². The average molecular weight is 296 g/mol. The normalized spacial score (nSPS) is 32.7. The predicted molar refractivity (Wildman–Crippen MR) is 91.7 cm³/mol. The largest absolute Gasteiger partial charge is 0.319 e. The SMILES string of the molecule is CNCC1(CN2CCN(CC(C)C)CC2)CCC(C)CC1. The Morgan fingerprint density at radius 3 is 2.14 bits per heavy atom. The monoisotopic (exact) mass is 295 g/mol. The van der Waals surface area contributed by atoms with Crippen molar-refractivity contribution in [1.29, 1.82) is 0 Å². The highest BCUT2D eigenvalue weighted by molar-refractivity contribution is 4.90. The van der Waals surface area contributed by atoms with E-state index in [0.717, 1.165) is 11.8 Å². The Labute approximate surface area is 132 Å². The van der Waals surface area contributed by atoms with E-state index in [2.05, 4.69) is 42.9 Å². The Balaban J connectivity index is 1.82. The summed E-state index contributed by atoms with van der Waals surface area (Å²) in [7, 11) is 2.13. The molecule has 1 saturated carbocycles. The van der Waals surface area contributed by atoms with Crippen LogP contribution in [0.25, 0.3) is 0 Å². The number of nitrogens with zero attached hydrogens (tertiary/aromatic N) is 2. The van der Waals surface area contributed by atoms with Gasteiger partial charge < -0.3 is 15.1 Å². The molecule has 0 aromatic heterocycles. The van der Waals surface area contributed by atoms with Crippen LogP contribution in [-0.4, -0.2) is 62.7 Å². The maximum atomic E-state index is 3.48. The van der Waals surface area contributed by atoms with Crippen LogP contribution in [0.5, 0.6) is 0 Å². The molecule has 1 N–H and O–H groups in total. The van der Waals surface area contributed by atoms with Gasteiger partial charge in [0.15, 0.2) is 0 Å². The van der Waals surface area contributed by atoms with Crippen LogP contribution in [-0.2, 0) is 0 Å². The summed E-state index contributed by atoms with van der Waals surface area (Å²) in [6.07, 6.45) is 5.69. The molecule has 1 saturated heterocycles. The molecule has 0 aromatic carbocycles. The summed E-state index contributed by atoms with van der Waals surface area (Å²) >= 11 is 0. The minimum atomic E-state index is 0.543. The molecular formula is C18H37N3. The molecule has 0 aromatic rings. The summed E-state index contributed by atoms with van der Waals surface area (Å²) in [6, 6.07) is 0. The van der Waals surface area contributed by atoms with Crippen LogP contribution in [0.1, 0.15) is 46.5 Å². The highest BCUT2D eigenvalue weighted by atomic mass is 15.3. The third kappa shape index (κ3) is 5.22. The van der Waals surface area contributed by atoms with Gasteiger partial charge in [-0.1, -0.05) is 33.6 Å². The lowest BCUT2D eigenvalue weighted by molar-refractivity contribution is 0.0515. The zero-order chi connectivity index (χ0) is 15.3. The second-order valence-electron chi connectivity index (χ2n) is 8.18. The summed E-state index contributed by atoms with van der Waals surface area (Å²) in [5.41, 5.74) is 0.543. The van der Waals surface area contributed by atoms with Crippen LogP contribution < -0.4 is 5.32 Å². The van der Waals surface area contributed by atoms with E-state index in [1.807, 2.05) is 0 Å². The highest BCUT2D eigenvalue weighted by Gasteiger charge is 2.35. The van der Waals surface area contributed by atoms with E-state index in [9.17, 15) is 0 Å². The number of hydrogen-bond acceptors (Lipinski definition) is 3. The Bertz CT molecular complexity index is 287. The maximum Gasteiger partial charge on any atom is 0.0110 e. The average Bonchev–Trinajstić information content (AvgIpc) is 2.44. The maximum absolute atomic E-state index is 3.48. The van der Waals surface area contributed by atoms with Gasteiger partial charge in [-0.05, 0) is 37.1 Å². The Kier molecular flexibility index (Phi) is 6.51. The first-order valence-corrected chi connectivity index (χ1v) is 9.12. The van der Waals surface area contributed by atoms with E-state index in [-0.39, 0.29) is 0 Å².